The Morgan fingerprint density at radius 3 is 2.37 bits per heavy atom. The second-order valence-electron chi connectivity index (χ2n) is 9.07. The normalized spacial score (nSPS) is 11.1. The third-order valence-corrected chi connectivity index (χ3v) is 7.05. The number of hydrogen-bond acceptors (Lipinski definition) is 6. The van der Waals surface area contributed by atoms with Crippen molar-refractivity contribution in [1.82, 2.24) is 5.16 Å². The summed E-state index contributed by atoms with van der Waals surface area (Å²) in [6, 6.07) is 18.1. The first-order valence-electron chi connectivity index (χ1n) is 11.9. The van der Waals surface area contributed by atoms with Crippen molar-refractivity contribution in [3.8, 4) is 17.0 Å². The van der Waals surface area contributed by atoms with E-state index in [2.05, 4.69) is 5.16 Å². The molecule has 198 valence electrons. The van der Waals surface area contributed by atoms with E-state index >= 15 is 0 Å². The van der Waals surface area contributed by atoms with Crippen LogP contribution in [-0.4, -0.2) is 25.3 Å². The topological polar surface area (TPSA) is 64.8 Å². The largest absolute Gasteiger partial charge is 0.489 e. The number of esters is 1. The van der Waals surface area contributed by atoms with E-state index in [0.717, 1.165) is 16.8 Å². The standard InChI is InChI=1S/C29H27Cl3N2O4/c1-17(2)28-22(27(33-38-28)26-23(30)9-6-10-24(26)31)16-37-21-12-11-19(25(32)14-21)15-34(3)20-8-5-7-18(13-20)29(35)36-4/h5-14,17H,15-16H2,1-4H3. The van der Waals surface area contributed by atoms with Gasteiger partial charge in [-0.25, -0.2) is 4.79 Å². The minimum atomic E-state index is -0.381. The van der Waals surface area contributed by atoms with Crippen molar-refractivity contribution in [2.75, 3.05) is 19.1 Å². The fourth-order valence-electron chi connectivity index (χ4n) is 4.07. The summed E-state index contributed by atoms with van der Waals surface area (Å²) in [5, 5.41) is 5.80. The van der Waals surface area contributed by atoms with Gasteiger partial charge in [0.25, 0.3) is 0 Å². The number of methoxy groups -OCH3 is 1. The molecule has 0 fully saturated rings. The lowest BCUT2D eigenvalue weighted by Crippen LogP contribution is -2.17. The Morgan fingerprint density at radius 2 is 1.71 bits per heavy atom. The fourth-order valence-corrected chi connectivity index (χ4v) is 4.88. The molecule has 6 nitrogen and oxygen atoms in total. The van der Waals surface area contributed by atoms with Crippen molar-refractivity contribution in [2.24, 2.45) is 0 Å². The summed E-state index contributed by atoms with van der Waals surface area (Å²) in [5.41, 5.74) is 4.20. The quantitative estimate of drug-likeness (QED) is 0.187. The van der Waals surface area contributed by atoms with Gasteiger partial charge in [0, 0.05) is 35.8 Å². The van der Waals surface area contributed by atoms with Gasteiger partial charge in [-0.2, -0.15) is 0 Å². The van der Waals surface area contributed by atoms with Crippen molar-refractivity contribution in [2.45, 2.75) is 32.9 Å². The highest BCUT2D eigenvalue weighted by molar-refractivity contribution is 6.39. The summed E-state index contributed by atoms with van der Waals surface area (Å²) in [7, 11) is 3.29. The summed E-state index contributed by atoms with van der Waals surface area (Å²) in [6.07, 6.45) is 0. The lowest BCUT2D eigenvalue weighted by atomic mass is 10.0. The number of nitrogens with zero attached hydrogens (tertiary/aromatic N) is 2. The summed E-state index contributed by atoms with van der Waals surface area (Å²) in [6.45, 7) is 4.77. The van der Waals surface area contributed by atoms with Gasteiger partial charge in [-0.05, 0) is 48.0 Å². The molecule has 0 unspecified atom stereocenters. The van der Waals surface area contributed by atoms with Crippen molar-refractivity contribution in [1.29, 1.82) is 0 Å². The van der Waals surface area contributed by atoms with Crippen molar-refractivity contribution < 1.29 is 18.8 Å². The zero-order chi connectivity index (χ0) is 27.4. The monoisotopic (exact) mass is 572 g/mol. The van der Waals surface area contributed by atoms with Crippen molar-refractivity contribution >= 4 is 46.5 Å². The van der Waals surface area contributed by atoms with Crippen LogP contribution in [-0.2, 0) is 17.9 Å². The number of anilines is 1. The van der Waals surface area contributed by atoms with Crippen LogP contribution in [0.15, 0.2) is 65.2 Å². The molecule has 0 aliphatic heterocycles. The molecular formula is C29H27Cl3N2O4. The minimum absolute atomic E-state index is 0.0790. The predicted molar refractivity (Wildman–Crippen MR) is 152 cm³/mol. The smallest absolute Gasteiger partial charge is 0.337 e. The van der Waals surface area contributed by atoms with Crippen LogP contribution < -0.4 is 9.64 Å². The molecule has 38 heavy (non-hydrogen) atoms. The average Bonchev–Trinajstić information content (AvgIpc) is 3.32. The van der Waals surface area contributed by atoms with Crippen LogP contribution in [0.4, 0.5) is 5.69 Å². The van der Waals surface area contributed by atoms with E-state index in [0.29, 0.717) is 49.9 Å². The molecule has 1 heterocycles. The highest BCUT2D eigenvalue weighted by atomic mass is 35.5. The molecule has 4 aromatic rings. The van der Waals surface area contributed by atoms with E-state index in [4.69, 9.17) is 48.8 Å². The summed E-state index contributed by atoms with van der Waals surface area (Å²) in [4.78, 5) is 13.9. The number of carbonyl (C=O) groups is 1. The van der Waals surface area contributed by atoms with Gasteiger partial charge in [-0.3, -0.25) is 0 Å². The van der Waals surface area contributed by atoms with Crippen LogP contribution in [0.1, 0.15) is 47.0 Å². The van der Waals surface area contributed by atoms with E-state index in [1.165, 1.54) is 7.11 Å². The molecule has 0 amide bonds. The van der Waals surface area contributed by atoms with Gasteiger partial charge in [0.15, 0.2) is 0 Å². The number of carbonyl (C=O) groups excluding carboxylic acids is 1. The third kappa shape index (κ3) is 6.09. The van der Waals surface area contributed by atoms with E-state index in [-0.39, 0.29) is 18.5 Å². The summed E-state index contributed by atoms with van der Waals surface area (Å²) < 4.78 is 16.6. The molecule has 1 aromatic heterocycles. The molecule has 0 bridgehead atoms. The van der Waals surface area contributed by atoms with Crippen LogP contribution in [0.5, 0.6) is 5.75 Å². The highest BCUT2D eigenvalue weighted by Crippen LogP contribution is 2.39. The minimum Gasteiger partial charge on any atom is -0.489 e. The Kier molecular flexibility index (Phi) is 8.87. The van der Waals surface area contributed by atoms with Gasteiger partial charge in [0.2, 0.25) is 0 Å². The summed E-state index contributed by atoms with van der Waals surface area (Å²) >= 11 is 19.5. The Hall–Kier alpha value is -3.19. The lowest BCUT2D eigenvalue weighted by Gasteiger charge is -2.21. The first-order chi connectivity index (χ1) is 18.2. The highest BCUT2D eigenvalue weighted by Gasteiger charge is 2.24. The van der Waals surface area contributed by atoms with Crippen LogP contribution in [0, 0.1) is 0 Å². The Bertz CT molecular complexity index is 1430. The molecule has 0 saturated heterocycles. The van der Waals surface area contributed by atoms with Gasteiger partial charge in [-0.15, -0.1) is 0 Å². The van der Waals surface area contributed by atoms with Gasteiger partial charge in [0.05, 0.1) is 28.3 Å². The number of aromatic nitrogens is 1. The molecule has 0 spiro atoms. The molecule has 0 aliphatic carbocycles. The van der Waals surface area contributed by atoms with Gasteiger partial charge >= 0.3 is 5.97 Å². The number of benzene rings is 3. The van der Waals surface area contributed by atoms with Gasteiger partial charge in [-0.1, -0.05) is 72.0 Å². The van der Waals surface area contributed by atoms with E-state index < -0.39 is 0 Å². The van der Waals surface area contributed by atoms with Crippen LogP contribution in [0.25, 0.3) is 11.3 Å². The Labute approximate surface area is 237 Å². The molecular weight excluding hydrogens is 547 g/mol. The third-order valence-electron chi connectivity index (χ3n) is 6.07. The van der Waals surface area contributed by atoms with Crippen LogP contribution in [0.2, 0.25) is 15.1 Å². The molecule has 0 radical (unpaired) electrons. The van der Waals surface area contributed by atoms with Crippen molar-refractivity contribution in [3.63, 3.8) is 0 Å². The molecule has 4 rings (SSSR count). The Morgan fingerprint density at radius 1 is 1.00 bits per heavy atom. The van der Waals surface area contributed by atoms with Crippen LogP contribution in [0.3, 0.4) is 0 Å². The Balaban J connectivity index is 1.52. The molecule has 3 aromatic carbocycles. The van der Waals surface area contributed by atoms with Crippen LogP contribution >= 0.6 is 34.8 Å². The predicted octanol–water partition coefficient (Wildman–Crippen LogP) is 8.43. The maximum Gasteiger partial charge on any atom is 0.337 e. The molecule has 0 saturated carbocycles. The zero-order valence-corrected chi connectivity index (χ0v) is 23.7. The second kappa shape index (κ2) is 12.1. The zero-order valence-electron chi connectivity index (χ0n) is 21.4. The molecule has 9 heteroatoms. The van der Waals surface area contributed by atoms with Gasteiger partial charge in [0.1, 0.15) is 23.8 Å². The number of halogens is 3. The first-order valence-corrected chi connectivity index (χ1v) is 13.1. The van der Waals surface area contributed by atoms with E-state index in [1.807, 2.05) is 50.1 Å². The maximum atomic E-state index is 11.9. The van der Waals surface area contributed by atoms with E-state index in [1.54, 1.807) is 36.4 Å². The average molecular weight is 574 g/mol. The van der Waals surface area contributed by atoms with Gasteiger partial charge < -0.3 is 18.9 Å². The van der Waals surface area contributed by atoms with E-state index in [9.17, 15) is 4.79 Å². The number of hydrogen-bond donors (Lipinski definition) is 0. The number of rotatable bonds is 9. The second-order valence-corrected chi connectivity index (χ2v) is 10.3. The lowest BCUT2D eigenvalue weighted by molar-refractivity contribution is 0.0600. The maximum absolute atomic E-state index is 11.9. The molecule has 0 aliphatic rings. The van der Waals surface area contributed by atoms with Crippen molar-refractivity contribution in [3.05, 3.63) is 98.2 Å². The summed E-state index contributed by atoms with van der Waals surface area (Å²) in [5.74, 6) is 0.999. The SMILES string of the molecule is COC(=O)c1cccc(N(C)Cc2ccc(OCc3c(-c4c(Cl)cccc4Cl)noc3C(C)C)cc2Cl)c1. The fraction of sp³-hybridized carbons (Fsp3) is 0.241. The molecule has 0 N–H and O–H groups in total. The first kappa shape index (κ1) is 27.8. The number of ether oxygens (including phenoxy) is 2. The molecule has 0 atom stereocenters.